The quantitative estimate of drug-likeness (QED) is 0.367. The van der Waals surface area contributed by atoms with Crippen LogP contribution in [0.25, 0.3) is 0 Å². The molecule has 1 saturated heterocycles. The van der Waals surface area contributed by atoms with Gasteiger partial charge in [-0.15, -0.1) is 0 Å². The van der Waals surface area contributed by atoms with Gasteiger partial charge >= 0.3 is 0 Å². The topological polar surface area (TPSA) is 69.9 Å². The van der Waals surface area contributed by atoms with Gasteiger partial charge in [0, 0.05) is 0 Å². The zero-order valence-electron chi connectivity index (χ0n) is 4.77. The maximum absolute atomic E-state index is 8.83. The van der Waals surface area contributed by atoms with Crippen molar-refractivity contribution in [2.45, 2.75) is 18.3 Å². The molecule has 1 aliphatic heterocycles. The Morgan fingerprint density at radius 2 is 2.00 bits per heavy atom. The van der Waals surface area contributed by atoms with Crippen LogP contribution in [0.5, 0.6) is 0 Å². The molecule has 1 heterocycles. The highest BCUT2D eigenvalue weighted by molar-refractivity contribution is 4.85. The molecule has 3 atom stereocenters. The molecule has 0 amide bonds. The molecule has 9 heavy (non-hydrogen) atoms. The zero-order valence-corrected chi connectivity index (χ0v) is 4.77. The molecule has 0 aromatic rings. The van der Waals surface area contributed by atoms with E-state index in [1.54, 1.807) is 0 Å². The van der Waals surface area contributed by atoms with Crippen molar-refractivity contribution < 1.29 is 20.1 Å². The van der Waals surface area contributed by atoms with E-state index in [9.17, 15) is 0 Å². The van der Waals surface area contributed by atoms with Crippen molar-refractivity contribution in [3.63, 3.8) is 0 Å². The van der Waals surface area contributed by atoms with Crippen LogP contribution >= 0.6 is 0 Å². The van der Waals surface area contributed by atoms with Gasteiger partial charge in [0.25, 0.3) is 0 Å². The molecule has 0 aromatic carbocycles. The summed E-state index contributed by atoms with van der Waals surface area (Å²) in [5.74, 6) is 0. The number of rotatable bonds is 0. The van der Waals surface area contributed by atoms with Crippen molar-refractivity contribution in [3.05, 3.63) is 6.61 Å². The lowest BCUT2D eigenvalue weighted by Crippen LogP contribution is -2.44. The lowest BCUT2D eigenvalue weighted by molar-refractivity contribution is -0.124. The smallest absolute Gasteiger partial charge is 0.115 e. The van der Waals surface area contributed by atoms with E-state index in [0.29, 0.717) is 0 Å². The summed E-state index contributed by atoms with van der Waals surface area (Å²) in [5.41, 5.74) is 0. The second-order valence-corrected chi connectivity index (χ2v) is 2.02. The summed E-state index contributed by atoms with van der Waals surface area (Å²) in [7, 11) is 0. The van der Waals surface area contributed by atoms with Gasteiger partial charge in [0.15, 0.2) is 0 Å². The first-order valence-corrected chi connectivity index (χ1v) is 2.71. The number of hydrogen-bond acceptors (Lipinski definition) is 4. The lowest BCUT2D eigenvalue weighted by atomic mass is 10.1. The third-order valence-corrected chi connectivity index (χ3v) is 1.25. The van der Waals surface area contributed by atoms with E-state index >= 15 is 0 Å². The Kier molecular flexibility index (Phi) is 2.02. The van der Waals surface area contributed by atoms with Crippen LogP contribution in [0.3, 0.4) is 0 Å². The highest BCUT2D eigenvalue weighted by Gasteiger charge is 2.29. The summed E-state index contributed by atoms with van der Waals surface area (Å²) in [6.07, 6.45) is -3.13. The van der Waals surface area contributed by atoms with Gasteiger partial charge in [-0.3, -0.25) is 0 Å². The Labute approximate surface area is 52.7 Å². The number of hydrogen-bond donors (Lipinski definition) is 3. The maximum atomic E-state index is 8.83. The first-order valence-electron chi connectivity index (χ1n) is 2.71. The molecule has 1 radical (unpaired) electrons. The summed E-state index contributed by atoms with van der Waals surface area (Å²) < 4.78 is 4.58. The highest BCUT2D eigenvalue weighted by Crippen LogP contribution is 2.10. The number of aliphatic hydroxyl groups is 3. The third-order valence-electron chi connectivity index (χ3n) is 1.25. The van der Waals surface area contributed by atoms with Crippen molar-refractivity contribution in [2.75, 3.05) is 6.61 Å². The van der Waals surface area contributed by atoms with Gasteiger partial charge in [-0.25, -0.2) is 0 Å². The van der Waals surface area contributed by atoms with Gasteiger partial charge in [0.2, 0.25) is 0 Å². The van der Waals surface area contributed by atoms with E-state index in [0.717, 1.165) is 6.61 Å². The van der Waals surface area contributed by atoms with Crippen molar-refractivity contribution in [2.24, 2.45) is 0 Å². The SMILES string of the molecule is O[C@H]1[C@@H](O)[CH]OC[C@@H]1O. The number of ether oxygens (including phenoxy) is 1. The van der Waals surface area contributed by atoms with Gasteiger partial charge in [0.1, 0.15) is 24.9 Å². The van der Waals surface area contributed by atoms with Crippen LogP contribution in [0.15, 0.2) is 0 Å². The molecular weight excluding hydrogens is 124 g/mol. The van der Waals surface area contributed by atoms with Crippen LogP contribution < -0.4 is 0 Å². The second kappa shape index (κ2) is 2.62. The van der Waals surface area contributed by atoms with Crippen LogP contribution in [0.1, 0.15) is 0 Å². The van der Waals surface area contributed by atoms with Gasteiger partial charge in [-0.2, -0.15) is 0 Å². The van der Waals surface area contributed by atoms with Crippen LogP contribution in [-0.4, -0.2) is 40.2 Å². The molecule has 3 N–H and O–H groups in total. The van der Waals surface area contributed by atoms with Crippen molar-refractivity contribution in [3.8, 4) is 0 Å². The minimum Gasteiger partial charge on any atom is -0.388 e. The van der Waals surface area contributed by atoms with Gasteiger partial charge in [-0.05, 0) is 0 Å². The first-order chi connectivity index (χ1) is 4.22. The van der Waals surface area contributed by atoms with Crippen LogP contribution in [-0.2, 0) is 4.74 Å². The summed E-state index contributed by atoms with van der Waals surface area (Å²) in [4.78, 5) is 0. The Hall–Kier alpha value is -0.160. The molecule has 4 nitrogen and oxygen atoms in total. The molecule has 0 aromatic heterocycles. The van der Waals surface area contributed by atoms with E-state index < -0.39 is 18.3 Å². The zero-order chi connectivity index (χ0) is 6.85. The minimum atomic E-state index is -1.10. The largest absolute Gasteiger partial charge is 0.388 e. The monoisotopic (exact) mass is 133 g/mol. The molecule has 1 rings (SSSR count). The second-order valence-electron chi connectivity index (χ2n) is 2.02. The molecule has 0 saturated carbocycles. The van der Waals surface area contributed by atoms with E-state index in [1.165, 1.54) is 0 Å². The summed E-state index contributed by atoms with van der Waals surface area (Å²) in [6, 6.07) is 0. The Morgan fingerprint density at radius 3 is 2.44 bits per heavy atom. The standard InChI is InChI=1S/C5H9O4/c6-3-1-9-2-4(7)5(3)8/h1,3-8H,2H2/t3-,4-,5-/m0/s1. The average molecular weight is 133 g/mol. The maximum Gasteiger partial charge on any atom is 0.115 e. The van der Waals surface area contributed by atoms with E-state index in [4.69, 9.17) is 15.3 Å². The predicted molar refractivity (Wildman–Crippen MR) is 28.3 cm³/mol. The Bertz CT molecular complexity index is 85.0. The van der Waals surface area contributed by atoms with Crippen LogP contribution in [0, 0.1) is 6.61 Å². The summed E-state index contributed by atoms with van der Waals surface area (Å²) >= 11 is 0. The highest BCUT2D eigenvalue weighted by atomic mass is 16.5. The third kappa shape index (κ3) is 1.40. The normalized spacial score (nSPS) is 45.0. The summed E-state index contributed by atoms with van der Waals surface area (Å²) in [6.45, 7) is 1.16. The van der Waals surface area contributed by atoms with Crippen LogP contribution in [0.4, 0.5) is 0 Å². The van der Waals surface area contributed by atoms with E-state index in [-0.39, 0.29) is 6.61 Å². The molecule has 1 aliphatic rings. The first kappa shape index (κ1) is 6.95. The van der Waals surface area contributed by atoms with Gasteiger partial charge in [-0.1, -0.05) is 0 Å². The molecule has 0 bridgehead atoms. The fraction of sp³-hybridized carbons (Fsp3) is 0.800. The van der Waals surface area contributed by atoms with Crippen molar-refractivity contribution in [1.82, 2.24) is 0 Å². The molecule has 0 aliphatic carbocycles. The molecule has 0 unspecified atom stereocenters. The Morgan fingerprint density at radius 1 is 1.33 bits per heavy atom. The minimum absolute atomic E-state index is 0.0538. The molecule has 0 spiro atoms. The predicted octanol–water partition coefficient (Wildman–Crippen LogP) is -1.74. The van der Waals surface area contributed by atoms with Crippen molar-refractivity contribution >= 4 is 0 Å². The fourth-order valence-electron chi connectivity index (χ4n) is 0.659. The molecule has 53 valence electrons. The average Bonchev–Trinajstić information content (AvgIpc) is 1.83. The number of aliphatic hydroxyl groups excluding tert-OH is 3. The van der Waals surface area contributed by atoms with Gasteiger partial charge < -0.3 is 20.1 Å². The molecule has 1 fully saturated rings. The summed E-state index contributed by atoms with van der Waals surface area (Å²) in [5, 5.41) is 26.4. The van der Waals surface area contributed by atoms with E-state index in [1.807, 2.05) is 0 Å². The van der Waals surface area contributed by atoms with Crippen molar-refractivity contribution in [1.29, 1.82) is 0 Å². The lowest BCUT2D eigenvalue weighted by Gasteiger charge is -2.27. The van der Waals surface area contributed by atoms with E-state index in [2.05, 4.69) is 4.74 Å². The van der Waals surface area contributed by atoms with Crippen LogP contribution in [0.2, 0.25) is 0 Å². The molecular formula is C5H9O4. The fourth-order valence-corrected chi connectivity index (χ4v) is 0.659. The molecule has 4 heteroatoms. The Balaban J connectivity index is 2.41. The van der Waals surface area contributed by atoms with Gasteiger partial charge in [0.05, 0.1) is 6.61 Å².